The molecule has 1 aromatic heterocycles. The van der Waals surface area contributed by atoms with Gasteiger partial charge in [-0.3, -0.25) is 14.0 Å². The molecule has 6 heteroatoms. The molecular weight excluding hydrogens is 321 g/mol. The van der Waals surface area contributed by atoms with Crippen molar-refractivity contribution in [2.75, 3.05) is 6.67 Å². The third-order valence-corrected chi connectivity index (χ3v) is 4.33. The Hall–Kier alpha value is -2.37. The molecule has 1 atom stereocenters. The van der Waals surface area contributed by atoms with Gasteiger partial charge in [-0.25, -0.2) is 0 Å². The zero-order chi connectivity index (χ0) is 18.4. The summed E-state index contributed by atoms with van der Waals surface area (Å²) in [6, 6.07) is 6.93. The molecule has 0 bridgehead atoms. The van der Waals surface area contributed by atoms with Crippen molar-refractivity contribution in [3.05, 3.63) is 36.0 Å². The van der Waals surface area contributed by atoms with Crippen LogP contribution >= 0.6 is 0 Å². The normalized spacial score (nSPS) is 12.5. The molecule has 0 saturated carbocycles. The maximum Gasteiger partial charge on any atom is 0.254 e. The van der Waals surface area contributed by atoms with Crippen molar-refractivity contribution in [1.82, 2.24) is 9.88 Å². The number of carbonyl (C=O) groups is 2. The molecule has 3 N–H and O–H groups in total. The Kier molecular flexibility index (Phi) is 6.56. The third kappa shape index (κ3) is 4.59. The van der Waals surface area contributed by atoms with E-state index in [1.54, 1.807) is 6.20 Å². The van der Waals surface area contributed by atoms with Gasteiger partial charge in [0.15, 0.2) is 0 Å². The van der Waals surface area contributed by atoms with E-state index in [-0.39, 0.29) is 18.5 Å². The molecule has 0 aliphatic carbocycles. The predicted octanol–water partition coefficient (Wildman–Crippen LogP) is 3.02. The van der Waals surface area contributed by atoms with Crippen LogP contribution in [0.2, 0.25) is 0 Å². The monoisotopic (exact) mass is 347 g/mol. The minimum atomic E-state index is -0.709. The minimum absolute atomic E-state index is 0.0875. The average molecular weight is 347 g/mol. The molecule has 0 spiro atoms. The number of halogens is 1. The maximum absolute atomic E-state index is 12.7. The second-order valence-corrected chi connectivity index (χ2v) is 6.60. The highest BCUT2D eigenvalue weighted by molar-refractivity contribution is 6.08. The first-order chi connectivity index (χ1) is 12.0. The summed E-state index contributed by atoms with van der Waals surface area (Å²) in [5.74, 6) is -0.940. The summed E-state index contributed by atoms with van der Waals surface area (Å²) in [7, 11) is 0. The number of aromatic nitrogens is 1. The van der Waals surface area contributed by atoms with Crippen LogP contribution in [0.5, 0.6) is 0 Å². The molecule has 0 unspecified atom stereocenters. The SMILES string of the molecule is CC(C)[C@H](NC(=O)c1cn(CCCCCF)c2ccccc12)C(N)=O. The molecular formula is C19H26FN3O2. The Morgan fingerprint density at radius 3 is 2.56 bits per heavy atom. The van der Waals surface area contributed by atoms with Gasteiger partial charge in [-0.2, -0.15) is 0 Å². The molecule has 1 aromatic carbocycles. The highest BCUT2D eigenvalue weighted by Gasteiger charge is 2.24. The Balaban J connectivity index is 2.25. The largest absolute Gasteiger partial charge is 0.368 e. The zero-order valence-corrected chi connectivity index (χ0v) is 14.8. The number of nitrogens with one attached hydrogen (secondary N) is 1. The molecule has 2 rings (SSSR count). The Morgan fingerprint density at radius 1 is 1.20 bits per heavy atom. The highest BCUT2D eigenvalue weighted by Crippen LogP contribution is 2.22. The molecule has 2 amide bonds. The van der Waals surface area contributed by atoms with E-state index in [0.29, 0.717) is 12.0 Å². The third-order valence-electron chi connectivity index (χ3n) is 4.33. The van der Waals surface area contributed by atoms with Crippen molar-refractivity contribution in [3.8, 4) is 0 Å². The van der Waals surface area contributed by atoms with Gasteiger partial charge in [0.1, 0.15) is 6.04 Å². The summed E-state index contributed by atoms with van der Waals surface area (Å²) in [6.45, 7) is 4.09. The smallest absolute Gasteiger partial charge is 0.254 e. The van der Waals surface area contributed by atoms with Crippen molar-refractivity contribution in [2.45, 2.75) is 45.7 Å². The Morgan fingerprint density at radius 2 is 1.92 bits per heavy atom. The number of nitrogens with zero attached hydrogens (tertiary/aromatic N) is 1. The number of hydrogen-bond acceptors (Lipinski definition) is 2. The molecule has 0 aliphatic heterocycles. The number of nitrogens with two attached hydrogens (primary N) is 1. The molecule has 2 aromatic rings. The lowest BCUT2D eigenvalue weighted by Gasteiger charge is -2.18. The summed E-state index contributed by atoms with van der Waals surface area (Å²) in [4.78, 5) is 24.2. The van der Waals surface area contributed by atoms with Crippen LogP contribution in [0, 0.1) is 5.92 Å². The van der Waals surface area contributed by atoms with Crippen molar-refractivity contribution in [1.29, 1.82) is 0 Å². The van der Waals surface area contributed by atoms with Crippen LogP contribution in [0.15, 0.2) is 30.5 Å². The van der Waals surface area contributed by atoms with Crippen LogP contribution in [0.25, 0.3) is 10.9 Å². The number of para-hydroxylation sites is 1. The van der Waals surface area contributed by atoms with Crippen LogP contribution in [0.1, 0.15) is 43.5 Å². The van der Waals surface area contributed by atoms with E-state index >= 15 is 0 Å². The lowest BCUT2D eigenvalue weighted by molar-refractivity contribution is -0.120. The Bertz CT molecular complexity index is 739. The average Bonchev–Trinajstić information content (AvgIpc) is 2.95. The number of carbonyl (C=O) groups excluding carboxylic acids is 2. The van der Waals surface area contributed by atoms with Gasteiger partial charge in [-0.1, -0.05) is 32.0 Å². The molecule has 0 aliphatic rings. The van der Waals surface area contributed by atoms with Crippen molar-refractivity contribution in [3.63, 3.8) is 0 Å². The van der Waals surface area contributed by atoms with E-state index < -0.39 is 11.9 Å². The second-order valence-electron chi connectivity index (χ2n) is 6.60. The topological polar surface area (TPSA) is 77.1 Å². The van der Waals surface area contributed by atoms with Gasteiger partial charge in [-0.05, 0) is 31.2 Å². The van der Waals surface area contributed by atoms with Crippen molar-refractivity contribution < 1.29 is 14.0 Å². The van der Waals surface area contributed by atoms with Crippen LogP contribution in [-0.4, -0.2) is 29.1 Å². The summed E-state index contributed by atoms with van der Waals surface area (Å²) in [5, 5.41) is 3.57. The Labute approximate surface area is 147 Å². The van der Waals surface area contributed by atoms with E-state index in [1.807, 2.05) is 42.7 Å². The number of benzene rings is 1. The van der Waals surface area contributed by atoms with Gasteiger partial charge < -0.3 is 15.6 Å². The molecule has 0 radical (unpaired) electrons. The van der Waals surface area contributed by atoms with Crippen LogP contribution in [0.3, 0.4) is 0 Å². The minimum Gasteiger partial charge on any atom is -0.368 e. The molecule has 0 saturated heterocycles. The molecule has 5 nitrogen and oxygen atoms in total. The lowest BCUT2D eigenvalue weighted by atomic mass is 10.0. The number of rotatable bonds is 9. The molecule has 0 fully saturated rings. The van der Waals surface area contributed by atoms with Crippen molar-refractivity contribution in [2.24, 2.45) is 11.7 Å². The quantitative estimate of drug-likeness (QED) is 0.684. The van der Waals surface area contributed by atoms with E-state index in [1.165, 1.54) is 0 Å². The fourth-order valence-electron chi connectivity index (χ4n) is 2.95. The van der Waals surface area contributed by atoms with Gasteiger partial charge >= 0.3 is 0 Å². The first-order valence-corrected chi connectivity index (χ1v) is 8.69. The van der Waals surface area contributed by atoms with Crippen molar-refractivity contribution >= 4 is 22.7 Å². The van der Waals surface area contributed by atoms with Gasteiger partial charge in [-0.15, -0.1) is 0 Å². The number of amides is 2. The number of alkyl halides is 1. The summed E-state index contributed by atoms with van der Waals surface area (Å²) in [6.07, 6.45) is 4.01. The number of fused-ring (bicyclic) bond motifs is 1. The summed E-state index contributed by atoms with van der Waals surface area (Å²) < 4.78 is 14.2. The number of unbranched alkanes of at least 4 members (excludes halogenated alkanes) is 2. The van der Waals surface area contributed by atoms with E-state index in [0.717, 1.165) is 30.3 Å². The predicted molar refractivity (Wildman–Crippen MR) is 97.1 cm³/mol. The number of primary amides is 1. The first-order valence-electron chi connectivity index (χ1n) is 8.69. The van der Waals surface area contributed by atoms with Crippen LogP contribution in [-0.2, 0) is 11.3 Å². The van der Waals surface area contributed by atoms with Crippen LogP contribution in [0.4, 0.5) is 4.39 Å². The van der Waals surface area contributed by atoms with E-state index in [9.17, 15) is 14.0 Å². The standard InChI is InChI=1S/C19H26FN3O2/c1-13(2)17(18(21)24)22-19(25)15-12-23(11-7-3-6-10-20)16-9-5-4-8-14(15)16/h4-5,8-9,12-13,17H,3,6-7,10-11H2,1-2H3,(H2,21,24)(H,22,25)/t17-/m0/s1. The number of aryl methyl sites for hydroxylation is 1. The number of hydrogen-bond donors (Lipinski definition) is 2. The fourth-order valence-corrected chi connectivity index (χ4v) is 2.95. The highest BCUT2D eigenvalue weighted by atomic mass is 19.1. The molecule has 136 valence electrons. The van der Waals surface area contributed by atoms with E-state index in [2.05, 4.69) is 5.32 Å². The zero-order valence-electron chi connectivity index (χ0n) is 14.8. The second kappa shape index (κ2) is 8.65. The summed E-state index contributed by atoms with van der Waals surface area (Å²) >= 11 is 0. The lowest BCUT2D eigenvalue weighted by Crippen LogP contribution is -2.47. The van der Waals surface area contributed by atoms with Gasteiger partial charge in [0.25, 0.3) is 5.91 Å². The first kappa shape index (κ1) is 19.0. The van der Waals surface area contributed by atoms with Gasteiger partial charge in [0.05, 0.1) is 12.2 Å². The van der Waals surface area contributed by atoms with Gasteiger partial charge in [0.2, 0.25) is 5.91 Å². The van der Waals surface area contributed by atoms with E-state index in [4.69, 9.17) is 5.73 Å². The van der Waals surface area contributed by atoms with Crippen LogP contribution < -0.4 is 11.1 Å². The van der Waals surface area contributed by atoms with Gasteiger partial charge in [0, 0.05) is 23.6 Å². The molecule has 25 heavy (non-hydrogen) atoms. The molecule has 1 heterocycles. The summed E-state index contributed by atoms with van der Waals surface area (Å²) in [5.41, 5.74) is 6.86. The fraction of sp³-hybridized carbons (Fsp3) is 0.474. The maximum atomic E-state index is 12.7.